The summed E-state index contributed by atoms with van der Waals surface area (Å²) < 4.78 is 4.93. The van der Waals surface area contributed by atoms with Crippen LogP contribution in [-0.4, -0.2) is 61.0 Å². The van der Waals surface area contributed by atoms with Crippen molar-refractivity contribution in [2.45, 2.75) is 6.92 Å². The van der Waals surface area contributed by atoms with Crippen LogP contribution < -0.4 is 0 Å². The third kappa shape index (κ3) is 5.51. The Morgan fingerprint density at radius 3 is 2.50 bits per heavy atom. The van der Waals surface area contributed by atoms with Crippen molar-refractivity contribution in [2.24, 2.45) is 0 Å². The maximum absolute atomic E-state index is 12.2. The molecule has 2 rings (SSSR count). The molecule has 0 saturated carbocycles. The monoisotopic (exact) mass is 370 g/mol. The fourth-order valence-corrected chi connectivity index (χ4v) is 2.71. The van der Waals surface area contributed by atoms with E-state index < -0.39 is 0 Å². The number of hydrogen-bond donors (Lipinski definition) is 0. The molecule has 1 aromatic carbocycles. The van der Waals surface area contributed by atoms with Crippen molar-refractivity contribution < 1.29 is 14.3 Å². The highest BCUT2D eigenvalue weighted by Gasteiger charge is 2.21. The number of benzene rings is 1. The second-order valence-electron chi connectivity index (χ2n) is 5.41. The van der Waals surface area contributed by atoms with Gasteiger partial charge in [0, 0.05) is 32.3 Å². The van der Waals surface area contributed by atoms with Gasteiger partial charge in [-0.25, -0.2) is 0 Å². The van der Waals surface area contributed by atoms with E-state index in [1.54, 1.807) is 36.1 Å². The number of rotatable bonds is 5. The number of piperazine rings is 1. The molecule has 1 amide bonds. The molecule has 0 radical (unpaired) electrons. The number of carbonyl (C=O) groups excluding carboxylic acids is 2. The Morgan fingerprint density at radius 2 is 1.88 bits per heavy atom. The smallest absolute Gasteiger partial charge is 0.320 e. The van der Waals surface area contributed by atoms with Crippen molar-refractivity contribution in [3.05, 3.63) is 39.9 Å². The van der Waals surface area contributed by atoms with Gasteiger partial charge in [-0.1, -0.05) is 29.3 Å². The van der Waals surface area contributed by atoms with Gasteiger partial charge in [0.1, 0.15) is 0 Å². The van der Waals surface area contributed by atoms with Crippen LogP contribution in [-0.2, 0) is 14.3 Å². The summed E-state index contributed by atoms with van der Waals surface area (Å²) in [6.07, 6.45) is 3.25. The highest BCUT2D eigenvalue weighted by molar-refractivity contribution is 6.42. The molecular formula is C17H20Cl2N2O3. The minimum Gasteiger partial charge on any atom is -0.465 e. The quantitative estimate of drug-likeness (QED) is 0.590. The number of amides is 1. The van der Waals surface area contributed by atoms with Crippen molar-refractivity contribution in [3.8, 4) is 0 Å². The van der Waals surface area contributed by atoms with Crippen molar-refractivity contribution in [2.75, 3.05) is 39.3 Å². The maximum atomic E-state index is 12.2. The molecule has 0 unspecified atom stereocenters. The summed E-state index contributed by atoms with van der Waals surface area (Å²) in [6, 6.07) is 5.21. The summed E-state index contributed by atoms with van der Waals surface area (Å²) in [6.45, 7) is 4.94. The van der Waals surface area contributed by atoms with Crippen LogP contribution in [0.5, 0.6) is 0 Å². The number of ether oxygens (including phenoxy) is 1. The van der Waals surface area contributed by atoms with E-state index in [1.807, 2.05) is 4.90 Å². The van der Waals surface area contributed by atoms with Gasteiger partial charge in [0.25, 0.3) is 0 Å². The molecule has 5 nitrogen and oxygen atoms in total. The van der Waals surface area contributed by atoms with Crippen LogP contribution in [0.15, 0.2) is 24.3 Å². The Morgan fingerprint density at radius 1 is 1.17 bits per heavy atom. The lowest BCUT2D eigenvalue weighted by molar-refractivity contribution is -0.145. The molecule has 0 aromatic heterocycles. The van der Waals surface area contributed by atoms with E-state index in [9.17, 15) is 9.59 Å². The molecule has 130 valence electrons. The summed E-state index contributed by atoms with van der Waals surface area (Å²) in [7, 11) is 0. The first-order valence-corrected chi connectivity index (χ1v) is 8.55. The Labute approximate surface area is 151 Å². The van der Waals surface area contributed by atoms with Gasteiger partial charge in [-0.15, -0.1) is 0 Å². The van der Waals surface area contributed by atoms with E-state index in [0.717, 1.165) is 5.56 Å². The van der Waals surface area contributed by atoms with Crippen LogP contribution in [0.1, 0.15) is 12.5 Å². The standard InChI is InChI=1S/C17H20Cl2N2O3/c1-2-24-17(23)12-20-7-9-21(10-8-20)16(22)6-4-13-3-5-14(18)15(19)11-13/h3-6,11H,2,7-10,12H2,1H3/b6-4+. The van der Waals surface area contributed by atoms with Gasteiger partial charge in [0.05, 0.1) is 23.2 Å². The largest absolute Gasteiger partial charge is 0.465 e. The van der Waals surface area contributed by atoms with E-state index in [4.69, 9.17) is 27.9 Å². The number of esters is 1. The molecular weight excluding hydrogens is 351 g/mol. The lowest BCUT2D eigenvalue weighted by atomic mass is 10.2. The molecule has 7 heteroatoms. The van der Waals surface area contributed by atoms with Gasteiger partial charge in [-0.2, -0.15) is 0 Å². The summed E-state index contributed by atoms with van der Waals surface area (Å²) in [5.74, 6) is -0.284. The second-order valence-corrected chi connectivity index (χ2v) is 6.23. The van der Waals surface area contributed by atoms with Gasteiger partial charge in [-0.05, 0) is 30.7 Å². The van der Waals surface area contributed by atoms with E-state index >= 15 is 0 Å². The van der Waals surface area contributed by atoms with E-state index in [1.165, 1.54) is 6.08 Å². The minimum atomic E-state index is -0.225. The van der Waals surface area contributed by atoms with Crippen LogP contribution in [0.3, 0.4) is 0 Å². The van der Waals surface area contributed by atoms with Gasteiger partial charge in [-0.3, -0.25) is 14.5 Å². The van der Waals surface area contributed by atoms with Crippen LogP contribution in [0.25, 0.3) is 6.08 Å². The molecule has 1 aliphatic heterocycles. The lowest BCUT2D eigenvalue weighted by Crippen LogP contribution is -2.49. The first-order chi connectivity index (χ1) is 11.5. The lowest BCUT2D eigenvalue weighted by Gasteiger charge is -2.33. The first kappa shape index (κ1) is 18.8. The zero-order valence-corrected chi connectivity index (χ0v) is 15.0. The number of halogens is 2. The summed E-state index contributed by atoms with van der Waals surface area (Å²) in [4.78, 5) is 27.4. The SMILES string of the molecule is CCOC(=O)CN1CCN(C(=O)/C=C/c2ccc(Cl)c(Cl)c2)CC1. The number of carbonyl (C=O) groups is 2. The van der Waals surface area contributed by atoms with E-state index in [0.29, 0.717) is 42.8 Å². The highest BCUT2D eigenvalue weighted by atomic mass is 35.5. The van der Waals surface area contributed by atoms with Crippen molar-refractivity contribution in [3.63, 3.8) is 0 Å². The van der Waals surface area contributed by atoms with Crippen LogP contribution in [0, 0.1) is 0 Å². The average Bonchev–Trinajstić information content (AvgIpc) is 2.56. The van der Waals surface area contributed by atoms with Crippen molar-refractivity contribution in [1.29, 1.82) is 0 Å². The van der Waals surface area contributed by atoms with Gasteiger partial charge < -0.3 is 9.64 Å². The third-order valence-corrected chi connectivity index (χ3v) is 4.44. The fraction of sp³-hybridized carbons (Fsp3) is 0.412. The third-order valence-electron chi connectivity index (χ3n) is 3.70. The average molecular weight is 371 g/mol. The van der Waals surface area contributed by atoms with Crippen molar-refractivity contribution in [1.82, 2.24) is 9.80 Å². The Bertz CT molecular complexity index is 626. The van der Waals surface area contributed by atoms with Gasteiger partial charge >= 0.3 is 5.97 Å². The predicted octanol–water partition coefficient (Wildman–Crippen LogP) is 2.71. The van der Waals surface area contributed by atoms with Gasteiger partial charge in [0.15, 0.2) is 0 Å². The first-order valence-electron chi connectivity index (χ1n) is 7.79. The Kier molecular flexibility index (Phi) is 7.09. The molecule has 0 N–H and O–H groups in total. The molecule has 1 heterocycles. The highest BCUT2D eigenvalue weighted by Crippen LogP contribution is 2.23. The van der Waals surface area contributed by atoms with Gasteiger partial charge in [0.2, 0.25) is 5.91 Å². The molecule has 0 bridgehead atoms. The van der Waals surface area contributed by atoms with Crippen LogP contribution >= 0.6 is 23.2 Å². The minimum absolute atomic E-state index is 0.0585. The normalized spacial score (nSPS) is 15.7. The maximum Gasteiger partial charge on any atom is 0.320 e. The zero-order chi connectivity index (χ0) is 17.5. The molecule has 24 heavy (non-hydrogen) atoms. The van der Waals surface area contributed by atoms with Crippen LogP contribution in [0.4, 0.5) is 0 Å². The molecule has 1 aromatic rings. The topological polar surface area (TPSA) is 49.9 Å². The Hall–Kier alpha value is -1.56. The van der Waals surface area contributed by atoms with Crippen molar-refractivity contribution >= 4 is 41.2 Å². The Balaban J connectivity index is 1.83. The summed E-state index contributed by atoms with van der Waals surface area (Å²) in [5, 5.41) is 0.941. The summed E-state index contributed by atoms with van der Waals surface area (Å²) in [5.41, 5.74) is 0.818. The second kappa shape index (κ2) is 9.06. The summed E-state index contributed by atoms with van der Waals surface area (Å²) >= 11 is 11.8. The molecule has 1 saturated heterocycles. The molecule has 0 atom stereocenters. The van der Waals surface area contributed by atoms with Crippen LogP contribution in [0.2, 0.25) is 10.0 Å². The molecule has 0 spiro atoms. The van der Waals surface area contributed by atoms with E-state index in [-0.39, 0.29) is 18.4 Å². The number of nitrogens with zero attached hydrogens (tertiary/aromatic N) is 2. The fourth-order valence-electron chi connectivity index (χ4n) is 2.40. The zero-order valence-electron chi connectivity index (χ0n) is 13.5. The number of hydrogen-bond acceptors (Lipinski definition) is 4. The predicted molar refractivity (Wildman–Crippen MR) is 95.1 cm³/mol. The molecule has 1 aliphatic rings. The molecule has 1 fully saturated rings. The molecule has 0 aliphatic carbocycles. The van der Waals surface area contributed by atoms with E-state index in [2.05, 4.69) is 0 Å².